The third kappa shape index (κ3) is 2.96. The monoisotopic (exact) mass is 280 g/mol. The number of hydrogen-bond acceptors (Lipinski definition) is 3. The summed E-state index contributed by atoms with van der Waals surface area (Å²) < 4.78 is 13.5. The van der Waals surface area contributed by atoms with Crippen molar-refractivity contribution in [1.29, 1.82) is 0 Å². The molecule has 0 saturated heterocycles. The highest BCUT2D eigenvalue weighted by Gasteiger charge is 2.29. The van der Waals surface area contributed by atoms with Gasteiger partial charge in [0.15, 0.2) is 0 Å². The van der Waals surface area contributed by atoms with Gasteiger partial charge in [0.1, 0.15) is 11.4 Å². The molecule has 108 valence electrons. The van der Waals surface area contributed by atoms with Crippen LogP contribution in [0.5, 0.6) is 0 Å². The lowest BCUT2D eigenvalue weighted by molar-refractivity contribution is -0.121. The summed E-state index contributed by atoms with van der Waals surface area (Å²) in [5, 5.41) is 11.5. The average Bonchev–Trinajstić information content (AvgIpc) is 2.38. The lowest BCUT2D eigenvalue weighted by Gasteiger charge is -2.27. The van der Waals surface area contributed by atoms with Gasteiger partial charge in [-0.3, -0.25) is 4.79 Å². The molecule has 0 aliphatic heterocycles. The molecule has 0 aromatic heterocycles. The van der Waals surface area contributed by atoms with E-state index >= 15 is 0 Å². The van der Waals surface area contributed by atoms with Crippen molar-refractivity contribution in [2.45, 2.75) is 31.7 Å². The van der Waals surface area contributed by atoms with Crippen LogP contribution in [0.1, 0.15) is 36.0 Å². The van der Waals surface area contributed by atoms with Crippen molar-refractivity contribution < 1.29 is 19.1 Å². The highest BCUT2D eigenvalue weighted by atomic mass is 19.1. The molecule has 0 spiro atoms. The van der Waals surface area contributed by atoms with Gasteiger partial charge < -0.3 is 16.2 Å². The number of hydrogen-bond donors (Lipinski definition) is 3. The molecule has 6 heteroatoms. The van der Waals surface area contributed by atoms with Crippen molar-refractivity contribution in [2.24, 2.45) is 11.7 Å². The van der Waals surface area contributed by atoms with Crippen LogP contribution in [0.15, 0.2) is 18.2 Å². The molecule has 2 rings (SSSR count). The molecule has 0 bridgehead atoms. The van der Waals surface area contributed by atoms with E-state index in [0.29, 0.717) is 6.42 Å². The van der Waals surface area contributed by atoms with Gasteiger partial charge in [0.05, 0.1) is 11.6 Å². The summed E-state index contributed by atoms with van der Waals surface area (Å²) in [4.78, 5) is 23.2. The van der Waals surface area contributed by atoms with E-state index in [1.807, 2.05) is 0 Å². The van der Waals surface area contributed by atoms with Crippen LogP contribution in [0, 0.1) is 11.7 Å². The molecule has 1 amide bonds. The second-order valence-electron chi connectivity index (χ2n) is 5.01. The number of benzene rings is 1. The predicted octanol–water partition coefficient (Wildman–Crippen LogP) is 1.98. The Hall–Kier alpha value is -1.95. The molecule has 1 aliphatic carbocycles. The summed E-state index contributed by atoms with van der Waals surface area (Å²) in [7, 11) is 0. The molecule has 1 saturated carbocycles. The summed E-state index contributed by atoms with van der Waals surface area (Å²) in [6.07, 6.45) is 3.35. The molecule has 1 aliphatic rings. The first-order chi connectivity index (χ1) is 9.50. The maximum Gasteiger partial charge on any atom is 0.340 e. The summed E-state index contributed by atoms with van der Waals surface area (Å²) in [5.41, 5.74) is 5.36. The van der Waals surface area contributed by atoms with Crippen molar-refractivity contribution in [3.8, 4) is 0 Å². The Bertz CT molecular complexity index is 533. The topological polar surface area (TPSA) is 92.4 Å². The molecule has 0 radical (unpaired) electrons. The second-order valence-corrected chi connectivity index (χ2v) is 5.01. The van der Waals surface area contributed by atoms with Crippen LogP contribution in [-0.2, 0) is 4.79 Å². The number of nitrogens with two attached hydrogens (primary N) is 1. The van der Waals surface area contributed by atoms with Gasteiger partial charge in [-0.05, 0) is 25.0 Å². The molecule has 1 aromatic carbocycles. The summed E-state index contributed by atoms with van der Waals surface area (Å²) in [5.74, 6) is -2.98. The van der Waals surface area contributed by atoms with Gasteiger partial charge in [-0.15, -0.1) is 0 Å². The molecule has 2 unspecified atom stereocenters. The number of carboxylic acids is 1. The minimum atomic E-state index is -1.41. The minimum Gasteiger partial charge on any atom is -0.478 e. The fourth-order valence-corrected chi connectivity index (χ4v) is 2.56. The molecule has 20 heavy (non-hydrogen) atoms. The van der Waals surface area contributed by atoms with Gasteiger partial charge in [0.25, 0.3) is 0 Å². The van der Waals surface area contributed by atoms with Gasteiger partial charge in [0, 0.05) is 6.04 Å². The van der Waals surface area contributed by atoms with E-state index in [1.54, 1.807) is 0 Å². The highest BCUT2D eigenvalue weighted by molar-refractivity contribution is 6.01. The first kappa shape index (κ1) is 14.5. The van der Waals surface area contributed by atoms with E-state index in [4.69, 9.17) is 10.8 Å². The average molecular weight is 280 g/mol. The van der Waals surface area contributed by atoms with Crippen LogP contribution in [-0.4, -0.2) is 23.0 Å². The Kier molecular flexibility index (Phi) is 4.34. The number of carbonyl (C=O) groups excluding carboxylic acids is 1. The van der Waals surface area contributed by atoms with Gasteiger partial charge >= 0.3 is 5.97 Å². The number of carboxylic acid groups (broad SMARTS) is 1. The maximum absolute atomic E-state index is 13.5. The Labute approximate surface area is 116 Å². The molecule has 4 N–H and O–H groups in total. The number of carbonyl (C=O) groups is 2. The van der Waals surface area contributed by atoms with E-state index in [-0.39, 0.29) is 23.6 Å². The zero-order valence-electron chi connectivity index (χ0n) is 10.9. The number of amides is 1. The second kappa shape index (κ2) is 6.00. The van der Waals surface area contributed by atoms with Crippen LogP contribution in [0.2, 0.25) is 0 Å². The van der Waals surface area contributed by atoms with E-state index in [9.17, 15) is 14.0 Å². The quantitative estimate of drug-likeness (QED) is 0.789. The zero-order valence-corrected chi connectivity index (χ0v) is 10.9. The number of rotatable bonds is 3. The lowest BCUT2D eigenvalue weighted by Crippen LogP contribution is -2.40. The van der Waals surface area contributed by atoms with Crippen molar-refractivity contribution >= 4 is 17.6 Å². The fraction of sp³-hybridized carbons (Fsp3) is 0.429. The molecule has 1 fully saturated rings. The molecule has 2 atom stereocenters. The van der Waals surface area contributed by atoms with Crippen molar-refractivity contribution in [1.82, 2.24) is 0 Å². The number of halogens is 1. The number of anilines is 1. The highest BCUT2D eigenvalue weighted by Crippen LogP contribution is 2.26. The summed E-state index contributed by atoms with van der Waals surface area (Å²) >= 11 is 0. The Morgan fingerprint density at radius 2 is 2.00 bits per heavy atom. The van der Waals surface area contributed by atoms with Crippen LogP contribution in [0.25, 0.3) is 0 Å². The first-order valence-corrected chi connectivity index (χ1v) is 6.59. The van der Waals surface area contributed by atoms with Crippen molar-refractivity contribution in [3.05, 3.63) is 29.6 Å². The normalized spacial score (nSPS) is 22.3. The standard InChI is InChI=1S/C14H17FN2O3/c15-9-5-3-7-11(12(9)14(19)20)17-13(18)8-4-1-2-6-10(8)16/h3,5,7-8,10H,1-2,4,6,16H2,(H,17,18)(H,19,20). The minimum absolute atomic E-state index is 0.0275. The summed E-state index contributed by atoms with van der Waals surface area (Å²) in [6, 6.07) is 3.55. The Balaban J connectivity index is 2.19. The lowest BCUT2D eigenvalue weighted by atomic mass is 9.84. The van der Waals surface area contributed by atoms with Crippen LogP contribution in [0.4, 0.5) is 10.1 Å². The first-order valence-electron chi connectivity index (χ1n) is 6.59. The summed E-state index contributed by atoms with van der Waals surface area (Å²) in [6.45, 7) is 0. The van der Waals surface area contributed by atoms with Crippen LogP contribution >= 0.6 is 0 Å². The van der Waals surface area contributed by atoms with E-state index in [1.165, 1.54) is 12.1 Å². The molecule has 0 heterocycles. The Morgan fingerprint density at radius 3 is 2.65 bits per heavy atom. The molecular formula is C14H17FN2O3. The third-order valence-electron chi connectivity index (χ3n) is 3.64. The van der Waals surface area contributed by atoms with Gasteiger partial charge in [-0.2, -0.15) is 0 Å². The third-order valence-corrected chi connectivity index (χ3v) is 3.64. The van der Waals surface area contributed by atoms with E-state index in [0.717, 1.165) is 25.3 Å². The van der Waals surface area contributed by atoms with Gasteiger partial charge in [0.2, 0.25) is 5.91 Å². The van der Waals surface area contributed by atoms with Gasteiger partial charge in [-0.25, -0.2) is 9.18 Å². The van der Waals surface area contributed by atoms with E-state index in [2.05, 4.69) is 5.32 Å². The van der Waals surface area contributed by atoms with Crippen LogP contribution in [0.3, 0.4) is 0 Å². The SMILES string of the molecule is NC1CCCCC1C(=O)Nc1cccc(F)c1C(=O)O. The predicted molar refractivity (Wildman–Crippen MR) is 71.9 cm³/mol. The zero-order chi connectivity index (χ0) is 14.7. The number of nitrogens with one attached hydrogen (secondary N) is 1. The maximum atomic E-state index is 13.5. The smallest absolute Gasteiger partial charge is 0.340 e. The van der Waals surface area contributed by atoms with Crippen molar-refractivity contribution in [3.63, 3.8) is 0 Å². The molecule has 5 nitrogen and oxygen atoms in total. The van der Waals surface area contributed by atoms with Crippen molar-refractivity contribution in [2.75, 3.05) is 5.32 Å². The molecular weight excluding hydrogens is 263 g/mol. The fourth-order valence-electron chi connectivity index (χ4n) is 2.56. The number of aromatic carboxylic acids is 1. The largest absolute Gasteiger partial charge is 0.478 e. The van der Waals surface area contributed by atoms with E-state index < -0.39 is 17.3 Å². The molecule has 1 aromatic rings. The van der Waals surface area contributed by atoms with Crippen LogP contribution < -0.4 is 11.1 Å². The van der Waals surface area contributed by atoms with Gasteiger partial charge in [-0.1, -0.05) is 18.9 Å². The Morgan fingerprint density at radius 1 is 1.30 bits per heavy atom.